The largest absolute Gasteiger partial charge is 0.505 e. The lowest BCUT2D eigenvalue weighted by Crippen LogP contribution is -2.22. The van der Waals surface area contributed by atoms with E-state index in [4.69, 9.17) is 14.6 Å². The van der Waals surface area contributed by atoms with Gasteiger partial charge in [0.05, 0.1) is 6.61 Å². The molecule has 94 valence electrons. The minimum atomic E-state index is -0.673. The average Bonchev–Trinajstić information content (AvgIpc) is 2.27. The third-order valence-electron chi connectivity index (χ3n) is 2.82. The summed E-state index contributed by atoms with van der Waals surface area (Å²) in [5.74, 6) is -0.643. The molecule has 0 saturated carbocycles. The van der Waals surface area contributed by atoms with Crippen LogP contribution in [0, 0.1) is 5.82 Å². The number of phenolic OH excluding ortho intramolecular Hbond substituents is 1. The summed E-state index contributed by atoms with van der Waals surface area (Å²) < 4.78 is 24.2. The van der Waals surface area contributed by atoms with Crippen molar-refractivity contribution in [3.05, 3.63) is 24.0 Å². The SMILES string of the molecule is Oc1ccc(O[C@H]2CCCCCCO2)cc1F. The summed E-state index contributed by atoms with van der Waals surface area (Å²) in [4.78, 5) is 0. The molecule has 1 aliphatic rings. The number of aromatic hydroxyl groups is 1. The minimum Gasteiger partial charge on any atom is -0.505 e. The van der Waals surface area contributed by atoms with E-state index in [-0.39, 0.29) is 12.0 Å². The molecular weight excluding hydrogens is 223 g/mol. The van der Waals surface area contributed by atoms with E-state index >= 15 is 0 Å². The van der Waals surface area contributed by atoms with Crippen molar-refractivity contribution < 1.29 is 19.0 Å². The lowest BCUT2D eigenvalue weighted by molar-refractivity contribution is -0.0910. The van der Waals surface area contributed by atoms with Crippen molar-refractivity contribution in [2.24, 2.45) is 0 Å². The molecule has 1 heterocycles. The molecule has 0 bridgehead atoms. The van der Waals surface area contributed by atoms with E-state index in [1.807, 2.05) is 0 Å². The van der Waals surface area contributed by atoms with E-state index in [1.165, 1.54) is 25.0 Å². The van der Waals surface area contributed by atoms with Gasteiger partial charge in [0.25, 0.3) is 0 Å². The first-order valence-corrected chi connectivity index (χ1v) is 6.02. The molecule has 2 rings (SSSR count). The molecule has 0 aromatic heterocycles. The van der Waals surface area contributed by atoms with Gasteiger partial charge >= 0.3 is 0 Å². The van der Waals surface area contributed by atoms with Gasteiger partial charge in [-0.2, -0.15) is 0 Å². The Morgan fingerprint density at radius 1 is 1.24 bits per heavy atom. The fourth-order valence-corrected chi connectivity index (χ4v) is 1.87. The first-order chi connectivity index (χ1) is 8.25. The van der Waals surface area contributed by atoms with Crippen LogP contribution in [-0.4, -0.2) is 18.0 Å². The maximum Gasteiger partial charge on any atom is 0.199 e. The van der Waals surface area contributed by atoms with Crippen LogP contribution in [0.5, 0.6) is 11.5 Å². The second-order valence-electron chi connectivity index (χ2n) is 4.23. The van der Waals surface area contributed by atoms with Gasteiger partial charge in [-0.05, 0) is 25.0 Å². The molecule has 1 N–H and O–H groups in total. The van der Waals surface area contributed by atoms with Gasteiger partial charge in [-0.3, -0.25) is 0 Å². The highest BCUT2D eigenvalue weighted by Crippen LogP contribution is 2.24. The molecule has 4 heteroatoms. The van der Waals surface area contributed by atoms with Crippen molar-refractivity contribution in [1.82, 2.24) is 0 Å². The Morgan fingerprint density at radius 2 is 2.06 bits per heavy atom. The number of hydrogen-bond donors (Lipinski definition) is 1. The molecule has 3 nitrogen and oxygen atoms in total. The molecule has 1 fully saturated rings. The first kappa shape index (κ1) is 12.2. The standard InChI is InChI=1S/C13H17FO3/c14-11-9-10(6-7-12(11)15)17-13-5-3-1-2-4-8-16-13/h6-7,9,13,15H,1-5,8H2/t13-/m0/s1. The zero-order chi connectivity index (χ0) is 12.1. The van der Waals surface area contributed by atoms with E-state index < -0.39 is 5.82 Å². The van der Waals surface area contributed by atoms with Crippen molar-refractivity contribution >= 4 is 0 Å². The summed E-state index contributed by atoms with van der Waals surface area (Å²) in [7, 11) is 0. The molecule has 0 aliphatic carbocycles. The third-order valence-corrected chi connectivity index (χ3v) is 2.82. The molecule has 0 amide bonds. The molecule has 1 aromatic carbocycles. The number of benzene rings is 1. The number of phenols is 1. The minimum absolute atomic E-state index is 0.306. The molecule has 0 radical (unpaired) electrons. The van der Waals surface area contributed by atoms with Gasteiger partial charge in [-0.15, -0.1) is 0 Å². The summed E-state index contributed by atoms with van der Waals surface area (Å²) in [5.41, 5.74) is 0. The fraction of sp³-hybridized carbons (Fsp3) is 0.538. The Morgan fingerprint density at radius 3 is 2.88 bits per heavy atom. The zero-order valence-electron chi connectivity index (χ0n) is 9.69. The van der Waals surface area contributed by atoms with E-state index in [0.29, 0.717) is 12.4 Å². The second-order valence-corrected chi connectivity index (χ2v) is 4.23. The Bertz CT molecular complexity index is 360. The maximum absolute atomic E-state index is 13.1. The Labute approximate surface area is 100 Å². The van der Waals surface area contributed by atoms with E-state index in [9.17, 15) is 4.39 Å². The Kier molecular flexibility index (Phi) is 4.20. The van der Waals surface area contributed by atoms with Gasteiger partial charge in [0.2, 0.25) is 0 Å². The van der Waals surface area contributed by atoms with Crippen LogP contribution in [0.2, 0.25) is 0 Å². The summed E-state index contributed by atoms with van der Waals surface area (Å²) in [6.07, 6.45) is 5.00. The monoisotopic (exact) mass is 240 g/mol. The molecule has 0 spiro atoms. The van der Waals surface area contributed by atoms with E-state index in [2.05, 4.69) is 0 Å². The topological polar surface area (TPSA) is 38.7 Å². The number of hydrogen-bond acceptors (Lipinski definition) is 3. The predicted molar refractivity (Wildman–Crippen MR) is 61.5 cm³/mol. The van der Waals surface area contributed by atoms with Gasteiger partial charge in [0.15, 0.2) is 17.9 Å². The summed E-state index contributed by atoms with van der Waals surface area (Å²) in [6.45, 7) is 0.686. The molecule has 17 heavy (non-hydrogen) atoms. The van der Waals surface area contributed by atoms with Crippen molar-refractivity contribution in [2.45, 2.75) is 38.4 Å². The van der Waals surface area contributed by atoms with Gasteiger partial charge in [-0.25, -0.2) is 4.39 Å². The molecule has 1 aromatic rings. The molecule has 0 unspecified atom stereocenters. The van der Waals surface area contributed by atoms with Crippen molar-refractivity contribution in [3.8, 4) is 11.5 Å². The number of halogens is 1. The van der Waals surface area contributed by atoms with Crippen LogP contribution in [0.4, 0.5) is 4.39 Å². The Hall–Kier alpha value is -1.29. The van der Waals surface area contributed by atoms with Crippen LogP contribution < -0.4 is 4.74 Å². The van der Waals surface area contributed by atoms with Gasteiger partial charge in [-0.1, -0.05) is 12.8 Å². The maximum atomic E-state index is 13.1. The lowest BCUT2D eigenvalue weighted by atomic mass is 10.1. The summed E-state index contributed by atoms with van der Waals surface area (Å²) in [6, 6.07) is 4.01. The normalized spacial score (nSPS) is 21.6. The van der Waals surface area contributed by atoms with Gasteiger partial charge in [0.1, 0.15) is 5.75 Å². The average molecular weight is 240 g/mol. The van der Waals surface area contributed by atoms with Crippen LogP contribution in [0.25, 0.3) is 0 Å². The van der Waals surface area contributed by atoms with Crippen LogP contribution >= 0.6 is 0 Å². The van der Waals surface area contributed by atoms with Crippen molar-refractivity contribution in [2.75, 3.05) is 6.61 Å². The van der Waals surface area contributed by atoms with E-state index in [1.54, 1.807) is 6.07 Å². The summed E-state index contributed by atoms with van der Waals surface area (Å²) in [5, 5.41) is 9.07. The van der Waals surface area contributed by atoms with Crippen LogP contribution in [-0.2, 0) is 4.74 Å². The molecular formula is C13H17FO3. The van der Waals surface area contributed by atoms with E-state index in [0.717, 1.165) is 19.3 Å². The second kappa shape index (κ2) is 5.87. The highest BCUT2D eigenvalue weighted by molar-refractivity contribution is 5.32. The summed E-state index contributed by atoms with van der Waals surface area (Å²) >= 11 is 0. The van der Waals surface area contributed by atoms with Crippen LogP contribution in [0.1, 0.15) is 32.1 Å². The highest BCUT2D eigenvalue weighted by atomic mass is 19.1. The fourth-order valence-electron chi connectivity index (χ4n) is 1.87. The Balaban J connectivity index is 1.95. The quantitative estimate of drug-likeness (QED) is 0.862. The van der Waals surface area contributed by atoms with Gasteiger partial charge in [0, 0.05) is 12.5 Å². The highest BCUT2D eigenvalue weighted by Gasteiger charge is 2.14. The van der Waals surface area contributed by atoms with Crippen molar-refractivity contribution in [1.29, 1.82) is 0 Å². The third kappa shape index (κ3) is 3.60. The predicted octanol–water partition coefficient (Wildman–Crippen LogP) is 3.22. The van der Waals surface area contributed by atoms with Crippen molar-refractivity contribution in [3.63, 3.8) is 0 Å². The molecule has 1 saturated heterocycles. The van der Waals surface area contributed by atoms with Crippen LogP contribution in [0.15, 0.2) is 18.2 Å². The molecule has 1 aliphatic heterocycles. The smallest absolute Gasteiger partial charge is 0.199 e. The zero-order valence-corrected chi connectivity index (χ0v) is 9.69. The first-order valence-electron chi connectivity index (χ1n) is 6.02. The lowest BCUT2D eigenvalue weighted by Gasteiger charge is -2.21. The van der Waals surface area contributed by atoms with Gasteiger partial charge < -0.3 is 14.6 Å². The molecule has 1 atom stereocenters. The van der Waals surface area contributed by atoms with Crippen LogP contribution in [0.3, 0.4) is 0 Å². The number of ether oxygens (including phenoxy) is 2. The number of rotatable bonds is 2.